The van der Waals surface area contributed by atoms with Crippen LogP contribution in [0, 0.1) is 12.9 Å². The summed E-state index contributed by atoms with van der Waals surface area (Å²) in [6, 6.07) is 6.18. The summed E-state index contributed by atoms with van der Waals surface area (Å²) in [6.45, 7) is 1.40. The molecule has 0 amide bonds. The Labute approximate surface area is 120 Å². The first kappa shape index (κ1) is 14.9. The lowest BCUT2D eigenvalue weighted by atomic mass is 10.1. The van der Waals surface area contributed by atoms with Gasteiger partial charge in [-0.05, 0) is 36.8 Å². The van der Waals surface area contributed by atoms with E-state index >= 15 is 0 Å². The van der Waals surface area contributed by atoms with Gasteiger partial charge in [-0.2, -0.15) is 4.39 Å². The van der Waals surface area contributed by atoms with Gasteiger partial charge in [-0.15, -0.1) is 0 Å². The fourth-order valence-electron chi connectivity index (χ4n) is 1.78. The molecular formula is C13H11FN2O4S. The standard InChI is InChI=1S/C13H11FN2O4S/c1-8-10(13(17)18)3-2-4-11(8)21(19,20)16-9-5-6-12(14)15-7-9/h2-7,16H,1H3,(H,17,18). The van der Waals surface area contributed by atoms with E-state index in [0.717, 1.165) is 12.3 Å². The molecule has 0 aliphatic carbocycles. The second-order valence-electron chi connectivity index (χ2n) is 4.21. The van der Waals surface area contributed by atoms with Gasteiger partial charge in [0.1, 0.15) is 0 Å². The van der Waals surface area contributed by atoms with Crippen molar-refractivity contribution in [3.8, 4) is 0 Å². The van der Waals surface area contributed by atoms with Crippen molar-refractivity contribution >= 4 is 21.7 Å². The van der Waals surface area contributed by atoms with Crippen molar-refractivity contribution < 1.29 is 22.7 Å². The van der Waals surface area contributed by atoms with Crippen molar-refractivity contribution in [2.75, 3.05) is 4.72 Å². The molecule has 0 fully saturated rings. The number of halogens is 1. The van der Waals surface area contributed by atoms with Gasteiger partial charge < -0.3 is 5.11 Å². The monoisotopic (exact) mass is 310 g/mol. The number of hydrogen-bond donors (Lipinski definition) is 2. The molecule has 110 valence electrons. The lowest BCUT2D eigenvalue weighted by Crippen LogP contribution is -2.16. The highest BCUT2D eigenvalue weighted by Crippen LogP contribution is 2.21. The van der Waals surface area contributed by atoms with Gasteiger partial charge in [0.15, 0.2) is 0 Å². The maximum Gasteiger partial charge on any atom is 0.335 e. The van der Waals surface area contributed by atoms with Gasteiger partial charge >= 0.3 is 5.97 Å². The molecule has 1 aromatic carbocycles. The first-order chi connectivity index (χ1) is 9.81. The lowest BCUT2D eigenvalue weighted by Gasteiger charge is -2.11. The topological polar surface area (TPSA) is 96.4 Å². The van der Waals surface area contributed by atoms with Crippen molar-refractivity contribution in [1.82, 2.24) is 4.98 Å². The third kappa shape index (κ3) is 3.16. The normalized spacial score (nSPS) is 11.1. The molecular weight excluding hydrogens is 299 g/mol. The van der Waals surface area contributed by atoms with Crippen LogP contribution in [0.5, 0.6) is 0 Å². The number of rotatable bonds is 4. The Kier molecular flexibility index (Phi) is 3.90. The van der Waals surface area contributed by atoms with E-state index in [2.05, 4.69) is 9.71 Å². The van der Waals surface area contributed by atoms with E-state index in [-0.39, 0.29) is 21.7 Å². The number of benzene rings is 1. The number of anilines is 1. The lowest BCUT2D eigenvalue weighted by molar-refractivity contribution is 0.0696. The summed E-state index contributed by atoms with van der Waals surface area (Å²) in [5.74, 6) is -1.95. The van der Waals surface area contributed by atoms with Gasteiger partial charge in [-0.3, -0.25) is 4.72 Å². The number of aromatic carboxylic acids is 1. The molecule has 0 radical (unpaired) electrons. The molecule has 0 saturated carbocycles. The van der Waals surface area contributed by atoms with Crippen LogP contribution in [-0.2, 0) is 10.0 Å². The Morgan fingerprint density at radius 3 is 2.57 bits per heavy atom. The Balaban J connectivity index is 2.42. The van der Waals surface area contributed by atoms with Crippen molar-refractivity contribution in [3.63, 3.8) is 0 Å². The van der Waals surface area contributed by atoms with Gasteiger partial charge in [0, 0.05) is 0 Å². The molecule has 21 heavy (non-hydrogen) atoms. The van der Waals surface area contributed by atoms with Gasteiger partial charge in [0.25, 0.3) is 10.0 Å². The minimum absolute atomic E-state index is 0.0801. The molecule has 2 aromatic rings. The van der Waals surface area contributed by atoms with E-state index in [0.29, 0.717) is 0 Å². The molecule has 2 N–H and O–H groups in total. The van der Waals surface area contributed by atoms with Crippen molar-refractivity contribution in [1.29, 1.82) is 0 Å². The number of nitrogens with one attached hydrogen (secondary N) is 1. The van der Waals surface area contributed by atoms with E-state index in [1.807, 2.05) is 0 Å². The SMILES string of the molecule is Cc1c(C(=O)O)cccc1S(=O)(=O)Nc1ccc(F)nc1. The summed E-state index contributed by atoms with van der Waals surface area (Å²) < 4.78 is 39.4. The predicted octanol–water partition coefficient (Wildman–Crippen LogP) is 2.03. The first-order valence-corrected chi connectivity index (χ1v) is 7.27. The molecule has 1 aromatic heterocycles. The van der Waals surface area contributed by atoms with Gasteiger partial charge in [0.2, 0.25) is 5.95 Å². The number of nitrogens with zero attached hydrogens (tertiary/aromatic N) is 1. The largest absolute Gasteiger partial charge is 0.478 e. The van der Waals surface area contributed by atoms with E-state index in [1.165, 1.54) is 31.2 Å². The Morgan fingerprint density at radius 1 is 1.29 bits per heavy atom. The highest BCUT2D eigenvalue weighted by Gasteiger charge is 2.20. The molecule has 2 rings (SSSR count). The summed E-state index contributed by atoms with van der Waals surface area (Å²) in [4.78, 5) is 14.2. The molecule has 0 bridgehead atoms. The molecule has 0 aliphatic heterocycles. The number of carbonyl (C=O) groups is 1. The van der Waals surface area contributed by atoms with Crippen LogP contribution in [0.4, 0.5) is 10.1 Å². The number of hydrogen-bond acceptors (Lipinski definition) is 4. The Morgan fingerprint density at radius 2 is 2.00 bits per heavy atom. The molecule has 0 aliphatic rings. The summed E-state index contributed by atoms with van der Waals surface area (Å²) in [6.07, 6.45) is 1.03. The first-order valence-electron chi connectivity index (χ1n) is 5.78. The third-order valence-electron chi connectivity index (χ3n) is 2.78. The molecule has 0 saturated heterocycles. The van der Waals surface area contributed by atoms with E-state index in [4.69, 9.17) is 5.11 Å². The second kappa shape index (κ2) is 5.49. The highest BCUT2D eigenvalue weighted by atomic mass is 32.2. The van der Waals surface area contributed by atoms with Crippen LogP contribution in [0.25, 0.3) is 0 Å². The average molecular weight is 310 g/mol. The zero-order valence-corrected chi connectivity index (χ0v) is 11.7. The van der Waals surface area contributed by atoms with E-state index in [1.54, 1.807) is 0 Å². The summed E-state index contributed by atoms with van der Waals surface area (Å²) in [5, 5.41) is 9.01. The van der Waals surface area contributed by atoms with Crippen LogP contribution in [0.3, 0.4) is 0 Å². The molecule has 0 atom stereocenters. The smallest absolute Gasteiger partial charge is 0.335 e. The molecule has 8 heteroatoms. The van der Waals surface area contributed by atoms with Gasteiger partial charge in [0.05, 0.1) is 22.3 Å². The fourth-order valence-corrected chi connectivity index (χ4v) is 3.10. The minimum atomic E-state index is -3.99. The third-order valence-corrected chi connectivity index (χ3v) is 4.31. The summed E-state index contributed by atoms with van der Waals surface area (Å²) in [5.41, 5.74) is 0.0965. The van der Waals surface area contributed by atoms with E-state index < -0.39 is 21.9 Å². The number of carboxylic acid groups (broad SMARTS) is 1. The quantitative estimate of drug-likeness (QED) is 0.842. The van der Waals surface area contributed by atoms with Crippen LogP contribution in [0.15, 0.2) is 41.4 Å². The molecule has 0 spiro atoms. The number of sulfonamides is 1. The number of pyridine rings is 1. The molecule has 6 nitrogen and oxygen atoms in total. The summed E-state index contributed by atoms with van der Waals surface area (Å²) >= 11 is 0. The van der Waals surface area contributed by atoms with Crippen LogP contribution in [-0.4, -0.2) is 24.5 Å². The van der Waals surface area contributed by atoms with Crippen LogP contribution >= 0.6 is 0 Å². The van der Waals surface area contributed by atoms with Crippen molar-refractivity contribution in [2.24, 2.45) is 0 Å². The number of carboxylic acids is 1. The number of aromatic nitrogens is 1. The Hall–Kier alpha value is -2.48. The second-order valence-corrected chi connectivity index (χ2v) is 5.86. The molecule has 0 unspecified atom stereocenters. The zero-order valence-electron chi connectivity index (χ0n) is 10.9. The Bertz CT molecular complexity index is 788. The maximum absolute atomic E-state index is 12.7. The van der Waals surface area contributed by atoms with Gasteiger partial charge in [-0.25, -0.2) is 18.2 Å². The van der Waals surface area contributed by atoms with Crippen LogP contribution in [0.1, 0.15) is 15.9 Å². The average Bonchev–Trinajstić information content (AvgIpc) is 2.41. The summed E-state index contributed by atoms with van der Waals surface area (Å²) in [7, 11) is -3.99. The molecule has 1 heterocycles. The van der Waals surface area contributed by atoms with Crippen LogP contribution in [0.2, 0.25) is 0 Å². The minimum Gasteiger partial charge on any atom is -0.478 e. The maximum atomic E-state index is 12.7. The van der Waals surface area contributed by atoms with Gasteiger partial charge in [-0.1, -0.05) is 6.07 Å². The predicted molar refractivity (Wildman–Crippen MR) is 73.1 cm³/mol. The van der Waals surface area contributed by atoms with Crippen molar-refractivity contribution in [3.05, 3.63) is 53.6 Å². The van der Waals surface area contributed by atoms with Crippen molar-refractivity contribution in [2.45, 2.75) is 11.8 Å². The fraction of sp³-hybridized carbons (Fsp3) is 0.0769. The van der Waals surface area contributed by atoms with Crippen LogP contribution < -0.4 is 4.72 Å². The van der Waals surface area contributed by atoms with E-state index in [9.17, 15) is 17.6 Å². The zero-order chi connectivity index (χ0) is 15.6. The highest BCUT2D eigenvalue weighted by molar-refractivity contribution is 7.92.